The van der Waals surface area contributed by atoms with Crippen LogP contribution in [0.2, 0.25) is 0 Å². The van der Waals surface area contributed by atoms with Crippen molar-refractivity contribution in [2.24, 2.45) is 0 Å². The Morgan fingerprint density at radius 1 is 1.32 bits per heavy atom. The first-order chi connectivity index (χ1) is 10.6. The lowest BCUT2D eigenvalue weighted by Gasteiger charge is -2.43. The van der Waals surface area contributed by atoms with E-state index in [9.17, 15) is 9.59 Å². The quantitative estimate of drug-likeness (QED) is 0.831. The van der Waals surface area contributed by atoms with E-state index in [0.717, 1.165) is 32.2 Å². The lowest BCUT2D eigenvalue weighted by atomic mass is 9.79. The molecule has 0 amide bonds. The van der Waals surface area contributed by atoms with Crippen LogP contribution in [0.3, 0.4) is 0 Å². The van der Waals surface area contributed by atoms with Gasteiger partial charge in [0.15, 0.2) is 0 Å². The molecule has 122 valence electrons. The van der Waals surface area contributed by atoms with E-state index in [-0.39, 0.29) is 23.3 Å². The van der Waals surface area contributed by atoms with Crippen molar-refractivity contribution < 1.29 is 9.47 Å². The topological polar surface area (TPSA) is 87.4 Å². The minimum absolute atomic E-state index is 0.128. The van der Waals surface area contributed by atoms with Crippen LogP contribution in [0.15, 0.2) is 15.7 Å². The van der Waals surface area contributed by atoms with Crippen molar-refractivity contribution in [2.45, 2.75) is 50.0 Å². The number of fused-ring (bicyclic) bond motifs is 1. The highest BCUT2D eigenvalue weighted by Crippen LogP contribution is 2.43. The summed E-state index contributed by atoms with van der Waals surface area (Å²) in [5.41, 5.74) is -0.316. The van der Waals surface area contributed by atoms with E-state index < -0.39 is 5.69 Å². The average Bonchev–Trinajstić information content (AvgIpc) is 2.85. The molecule has 3 atom stereocenters. The normalized spacial score (nSPS) is 32.1. The number of nitrogens with zero attached hydrogens (tertiary/aromatic N) is 1. The zero-order valence-electron chi connectivity index (χ0n) is 13.1. The molecule has 0 bridgehead atoms. The summed E-state index contributed by atoms with van der Waals surface area (Å²) in [7, 11) is 3.52. The first kappa shape index (κ1) is 15.5. The van der Waals surface area contributed by atoms with Gasteiger partial charge in [-0.05, 0) is 25.7 Å². The van der Waals surface area contributed by atoms with Crippen LogP contribution in [0.4, 0.5) is 0 Å². The van der Waals surface area contributed by atoms with Gasteiger partial charge in [-0.1, -0.05) is 0 Å². The van der Waals surface area contributed by atoms with Gasteiger partial charge in [-0.25, -0.2) is 4.79 Å². The maximum Gasteiger partial charge on any atom is 0.325 e. The van der Waals surface area contributed by atoms with E-state index in [1.165, 1.54) is 6.07 Å². The standard InChI is InChI=1S/C15H23N3O4/c1-21-11-3-4-15(22-2)5-6-18(12(15)8-11)9-10-7-13(19)17-14(20)16-10/h7,11-12H,3-6,8-9H2,1-2H3,(H2,16,17,19,20)/t11-,12-,15+/m0/s1. The molecule has 1 aromatic rings. The summed E-state index contributed by atoms with van der Waals surface area (Å²) in [5, 5.41) is 0. The predicted octanol–water partition coefficient (Wildman–Crippen LogP) is 0.222. The van der Waals surface area contributed by atoms with E-state index in [4.69, 9.17) is 9.47 Å². The van der Waals surface area contributed by atoms with Gasteiger partial charge in [-0.3, -0.25) is 14.7 Å². The van der Waals surface area contributed by atoms with Crippen molar-refractivity contribution in [3.8, 4) is 0 Å². The first-order valence-corrected chi connectivity index (χ1v) is 7.71. The van der Waals surface area contributed by atoms with Crippen LogP contribution in [0.5, 0.6) is 0 Å². The molecule has 0 spiro atoms. The lowest BCUT2D eigenvalue weighted by molar-refractivity contribution is -0.0948. The van der Waals surface area contributed by atoms with Crippen LogP contribution >= 0.6 is 0 Å². The zero-order chi connectivity index (χ0) is 15.7. The second kappa shape index (κ2) is 5.98. The second-order valence-corrected chi connectivity index (χ2v) is 6.25. The van der Waals surface area contributed by atoms with Gasteiger partial charge in [-0.2, -0.15) is 0 Å². The predicted molar refractivity (Wildman–Crippen MR) is 80.9 cm³/mol. The molecule has 1 aromatic heterocycles. The van der Waals surface area contributed by atoms with E-state index in [0.29, 0.717) is 12.2 Å². The smallest absolute Gasteiger partial charge is 0.325 e. The fraction of sp³-hybridized carbons (Fsp3) is 0.733. The van der Waals surface area contributed by atoms with Gasteiger partial charge < -0.3 is 14.5 Å². The van der Waals surface area contributed by atoms with Crippen LogP contribution in [0.1, 0.15) is 31.4 Å². The number of rotatable bonds is 4. The fourth-order valence-corrected chi connectivity index (χ4v) is 3.98. The summed E-state index contributed by atoms with van der Waals surface area (Å²) in [6, 6.07) is 1.70. The van der Waals surface area contributed by atoms with Crippen LogP contribution < -0.4 is 11.2 Å². The third-order valence-corrected chi connectivity index (χ3v) is 5.18. The van der Waals surface area contributed by atoms with Crippen molar-refractivity contribution in [3.05, 3.63) is 32.6 Å². The Hall–Kier alpha value is -1.44. The number of aromatic amines is 2. The maximum atomic E-state index is 11.4. The number of ether oxygens (including phenoxy) is 2. The Labute approximate surface area is 128 Å². The molecular formula is C15H23N3O4. The third kappa shape index (κ3) is 2.76. The molecule has 1 aliphatic heterocycles. The number of H-pyrrole nitrogens is 2. The van der Waals surface area contributed by atoms with Crippen LogP contribution in [-0.4, -0.2) is 53.4 Å². The van der Waals surface area contributed by atoms with Gasteiger partial charge in [0.25, 0.3) is 5.56 Å². The highest BCUT2D eigenvalue weighted by atomic mass is 16.5. The van der Waals surface area contributed by atoms with Gasteiger partial charge in [0.05, 0.1) is 11.7 Å². The summed E-state index contributed by atoms with van der Waals surface area (Å²) < 4.78 is 11.4. The highest BCUT2D eigenvalue weighted by molar-refractivity contribution is 5.08. The van der Waals surface area contributed by atoms with Crippen molar-refractivity contribution >= 4 is 0 Å². The molecule has 0 aromatic carbocycles. The first-order valence-electron chi connectivity index (χ1n) is 7.71. The molecule has 1 saturated heterocycles. The third-order valence-electron chi connectivity index (χ3n) is 5.18. The molecule has 1 saturated carbocycles. The van der Waals surface area contributed by atoms with Crippen molar-refractivity contribution in [1.29, 1.82) is 0 Å². The number of hydrogen-bond acceptors (Lipinski definition) is 5. The average molecular weight is 309 g/mol. The van der Waals surface area contributed by atoms with Gasteiger partial charge in [0, 0.05) is 45.1 Å². The summed E-state index contributed by atoms with van der Waals surface area (Å²) in [5.74, 6) is 0. The van der Waals surface area contributed by atoms with E-state index in [1.54, 1.807) is 14.2 Å². The van der Waals surface area contributed by atoms with Crippen molar-refractivity contribution in [2.75, 3.05) is 20.8 Å². The molecule has 22 heavy (non-hydrogen) atoms. The molecule has 3 rings (SSSR count). The van der Waals surface area contributed by atoms with Crippen LogP contribution in [-0.2, 0) is 16.0 Å². The van der Waals surface area contributed by atoms with E-state index >= 15 is 0 Å². The van der Waals surface area contributed by atoms with Crippen LogP contribution in [0.25, 0.3) is 0 Å². The molecule has 2 heterocycles. The Morgan fingerprint density at radius 3 is 2.82 bits per heavy atom. The van der Waals surface area contributed by atoms with E-state index in [1.807, 2.05) is 0 Å². The summed E-state index contributed by atoms with van der Waals surface area (Å²) in [6.07, 6.45) is 4.12. The molecule has 7 heteroatoms. The molecule has 7 nitrogen and oxygen atoms in total. The second-order valence-electron chi connectivity index (χ2n) is 6.25. The number of hydrogen-bond donors (Lipinski definition) is 2. The minimum Gasteiger partial charge on any atom is -0.381 e. The molecule has 2 aliphatic rings. The molecule has 1 aliphatic carbocycles. The fourth-order valence-electron chi connectivity index (χ4n) is 3.98. The molecule has 2 fully saturated rings. The maximum absolute atomic E-state index is 11.4. The summed E-state index contributed by atoms with van der Waals surface area (Å²) in [4.78, 5) is 30.0. The van der Waals surface area contributed by atoms with Gasteiger partial charge in [-0.15, -0.1) is 0 Å². The molecule has 0 unspecified atom stereocenters. The van der Waals surface area contributed by atoms with Gasteiger partial charge in [0.1, 0.15) is 0 Å². The van der Waals surface area contributed by atoms with E-state index in [2.05, 4.69) is 14.9 Å². The Morgan fingerprint density at radius 2 is 2.14 bits per heavy atom. The van der Waals surface area contributed by atoms with Crippen LogP contribution in [0, 0.1) is 0 Å². The van der Waals surface area contributed by atoms with Gasteiger partial charge >= 0.3 is 5.69 Å². The SMILES string of the molecule is CO[C@H]1CC[C@@]2(OC)CCN(Cc3cc(=O)[nH]c(=O)[nH]3)[C@H]2C1. The number of aromatic nitrogens is 2. The highest BCUT2D eigenvalue weighted by Gasteiger charge is 2.51. The number of methoxy groups -OCH3 is 2. The Balaban J connectivity index is 1.82. The molecule has 2 N–H and O–H groups in total. The molecular weight excluding hydrogens is 286 g/mol. The summed E-state index contributed by atoms with van der Waals surface area (Å²) in [6.45, 7) is 1.44. The minimum atomic E-state index is -0.460. The number of nitrogens with one attached hydrogen (secondary N) is 2. The van der Waals surface area contributed by atoms with Gasteiger partial charge in [0.2, 0.25) is 0 Å². The van der Waals surface area contributed by atoms with Crippen molar-refractivity contribution in [3.63, 3.8) is 0 Å². The lowest BCUT2D eigenvalue weighted by Crippen LogP contribution is -2.51. The monoisotopic (exact) mass is 309 g/mol. The largest absolute Gasteiger partial charge is 0.381 e. The van der Waals surface area contributed by atoms with Crippen molar-refractivity contribution in [1.82, 2.24) is 14.9 Å². The number of likely N-dealkylation sites (tertiary alicyclic amines) is 1. The Bertz CT molecular complexity index is 612. The Kier molecular flexibility index (Phi) is 4.20. The summed E-state index contributed by atoms with van der Waals surface area (Å²) >= 11 is 0. The zero-order valence-corrected chi connectivity index (χ0v) is 13.1. The molecule has 0 radical (unpaired) electrons.